The van der Waals surface area contributed by atoms with Crippen LogP contribution in [0.3, 0.4) is 0 Å². The van der Waals surface area contributed by atoms with Gasteiger partial charge in [0.2, 0.25) is 0 Å². The number of aromatic nitrogens is 3. The molecule has 0 atom stereocenters. The molecule has 2 heterocycles. The fourth-order valence-corrected chi connectivity index (χ4v) is 3.21. The van der Waals surface area contributed by atoms with Crippen LogP contribution in [-0.4, -0.2) is 28.8 Å². The van der Waals surface area contributed by atoms with Gasteiger partial charge in [-0.05, 0) is 36.8 Å². The van der Waals surface area contributed by atoms with E-state index in [9.17, 15) is 0 Å². The molecule has 0 bridgehead atoms. The van der Waals surface area contributed by atoms with Crippen LogP contribution in [0.15, 0.2) is 60.8 Å². The van der Waals surface area contributed by atoms with Gasteiger partial charge in [-0.3, -0.25) is 0 Å². The normalized spacial score (nSPS) is 10.9. The summed E-state index contributed by atoms with van der Waals surface area (Å²) in [4.78, 5) is 4.59. The van der Waals surface area contributed by atoms with Gasteiger partial charge in [0.05, 0.1) is 25.6 Å². The molecule has 5 nitrogen and oxygen atoms in total. The maximum Gasteiger partial charge on any atom is 0.163 e. The van der Waals surface area contributed by atoms with Crippen molar-refractivity contribution in [2.24, 2.45) is 0 Å². The van der Waals surface area contributed by atoms with Gasteiger partial charge in [0.25, 0.3) is 0 Å². The monoisotopic (exact) mass is 345 g/mol. The first-order chi connectivity index (χ1) is 12.7. The van der Waals surface area contributed by atoms with E-state index in [-0.39, 0.29) is 0 Å². The number of rotatable bonds is 4. The third-order valence-corrected chi connectivity index (χ3v) is 4.44. The van der Waals surface area contributed by atoms with E-state index in [4.69, 9.17) is 14.6 Å². The Morgan fingerprint density at radius 3 is 2.35 bits per heavy atom. The Labute approximate surface area is 151 Å². The zero-order valence-electron chi connectivity index (χ0n) is 14.9. The Hall–Kier alpha value is -3.34. The average Bonchev–Trinajstić information content (AvgIpc) is 3.03. The van der Waals surface area contributed by atoms with Crippen molar-refractivity contribution in [1.82, 2.24) is 14.6 Å². The summed E-state index contributed by atoms with van der Waals surface area (Å²) in [5.41, 5.74) is 5.86. The number of aryl methyl sites for hydroxylation is 1. The quantitative estimate of drug-likeness (QED) is 0.550. The number of nitrogens with zero attached hydrogens (tertiary/aromatic N) is 3. The lowest BCUT2D eigenvalue weighted by Gasteiger charge is -2.10. The summed E-state index contributed by atoms with van der Waals surface area (Å²) in [5, 5.41) is 4.75. The minimum Gasteiger partial charge on any atom is -0.493 e. The molecule has 5 heteroatoms. The van der Waals surface area contributed by atoms with Crippen LogP contribution in [0.5, 0.6) is 11.5 Å². The molecule has 0 aliphatic carbocycles. The van der Waals surface area contributed by atoms with Crippen molar-refractivity contribution in [1.29, 1.82) is 0 Å². The molecular weight excluding hydrogens is 326 g/mol. The molecule has 0 amide bonds. The van der Waals surface area contributed by atoms with Crippen LogP contribution in [0.25, 0.3) is 28.0 Å². The highest BCUT2D eigenvalue weighted by molar-refractivity contribution is 5.81. The van der Waals surface area contributed by atoms with Gasteiger partial charge in [0.15, 0.2) is 17.1 Å². The summed E-state index contributed by atoms with van der Waals surface area (Å²) in [6.07, 6.45) is 1.81. The number of hydrogen-bond acceptors (Lipinski definition) is 4. The zero-order valence-corrected chi connectivity index (χ0v) is 14.9. The average molecular weight is 345 g/mol. The first-order valence-corrected chi connectivity index (χ1v) is 8.35. The van der Waals surface area contributed by atoms with E-state index in [0.29, 0.717) is 11.5 Å². The first-order valence-electron chi connectivity index (χ1n) is 8.35. The van der Waals surface area contributed by atoms with Crippen molar-refractivity contribution in [2.75, 3.05) is 14.2 Å². The maximum atomic E-state index is 5.44. The Bertz CT molecular complexity index is 1070. The fourth-order valence-electron chi connectivity index (χ4n) is 3.21. The van der Waals surface area contributed by atoms with Crippen LogP contribution >= 0.6 is 0 Å². The van der Waals surface area contributed by atoms with Crippen LogP contribution in [0.4, 0.5) is 0 Å². The summed E-state index contributed by atoms with van der Waals surface area (Å²) < 4.78 is 12.7. The maximum absolute atomic E-state index is 5.44. The molecule has 130 valence electrons. The van der Waals surface area contributed by atoms with Gasteiger partial charge < -0.3 is 9.47 Å². The second kappa shape index (κ2) is 6.52. The van der Waals surface area contributed by atoms with Crippen LogP contribution in [0.1, 0.15) is 5.69 Å². The van der Waals surface area contributed by atoms with Gasteiger partial charge in [-0.25, -0.2) is 9.50 Å². The van der Waals surface area contributed by atoms with Crippen LogP contribution in [0.2, 0.25) is 0 Å². The van der Waals surface area contributed by atoms with E-state index >= 15 is 0 Å². The SMILES string of the molecule is COc1ccc(-c2ccnc3c(-c4ccccc4)c(C)nn23)cc1OC. The molecule has 0 fully saturated rings. The van der Waals surface area contributed by atoms with Crippen molar-refractivity contribution >= 4 is 5.65 Å². The molecule has 0 saturated heterocycles. The number of hydrogen-bond donors (Lipinski definition) is 0. The summed E-state index contributed by atoms with van der Waals surface area (Å²) in [6, 6.07) is 18.0. The molecular formula is C21H19N3O2. The summed E-state index contributed by atoms with van der Waals surface area (Å²) in [7, 11) is 3.26. The molecule has 0 aliphatic rings. The number of fused-ring (bicyclic) bond motifs is 1. The largest absolute Gasteiger partial charge is 0.493 e. The van der Waals surface area contributed by atoms with E-state index in [2.05, 4.69) is 17.1 Å². The number of methoxy groups -OCH3 is 2. The van der Waals surface area contributed by atoms with Crippen molar-refractivity contribution < 1.29 is 9.47 Å². The zero-order chi connectivity index (χ0) is 18.1. The summed E-state index contributed by atoms with van der Waals surface area (Å²) in [5.74, 6) is 1.38. The van der Waals surface area contributed by atoms with Gasteiger partial charge >= 0.3 is 0 Å². The van der Waals surface area contributed by atoms with E-state index in [0.717, 1.165) is 33.7 Å². The second-order valence-corrected chi connectivity index (χ2v) is 5.96. The number of ether oxygens (including phenoxy) is 2. The summed E-state index contributed by atoms with van der Waals surface area (Å²) in [6.45, 7) is 2.01. The van der Waals surface area contributed by atoms with E-state index < -0.39 is 0 Å². The molecule has 0 aliphatic heterocycles. The predicted molar refractivity (Wildman–Crippen MR) is 102 cm³/mol. The summed E-state index contributed by atoms with van der Waals surface area (Å²) >= 11 is 0. The highest BCUT2D eigenvalue weighted by atomic mass is 16.5. The fraction of sp³-hybridized carbons (Fsp3) is 0.143. The molecule has 4 rings (SSSR count). The van der Waals surface area contributed by atoms with Crippen LogP contribution in [0, 0.1) is 6.92 Å². The third kappa shape index (κ3) is 2.58. The van der Waals surface area contributed by atoms with Gasteiger partial charge in [-0.15, -0.1) is 0 Å². The van der Waals surface area contributed by atoms with Crippen LogP contribution < -0.4 is 9.47 Å². The minimum atomic E-state index is 0.683. The molecule has 0 saturated carbocycles. The Balaban J connectivity index is 1.93. The van der Waals surface area contributed by atoms with Crippen molar-refractivity contribution in [2.45, 2.75) is 6.92 Å². The molecule has 2 aromatic heterocycles. The molecule has 26 heavy (non-hydrogen) atoms. The minimum absolute atomic E-state index is 0.683. The topological polar surface area (TPSA) is 48.7 Å². The molecule has 0 unspecified atom stereocenters. The molecule has 0 N–H and O–H groups in total. The smallest absolute Gasteiger partial charge is 0.163 e. The van der Waals surface area contributed by atoms with Gasteiger partial charge in [-0.1, -0.05) is 30.3 Å². The van der Waals surface area contributed by atoms with E-state index in [1.165, 1.54) is 0 Å². The Kier molecular flexibility index (Phi) is 4.05. The van der Waals surface area contributed by atoms with Crippen LogP contribution in [-0.2, 0) is 0 Å². The Morgan fingerprint density at radius 1 is 0.846 bits per heavy atom. The third-order valence-electron chi connectivity index (χ3n) is 4.44. The van der Waals surface area contributed by atoms with Crippen molar-refractivity contribution in [3.05, 3.63) is 66.5 Å². The highest BCUT2D eigenvalue weighted by Crippen LogP contribution is 2.34. The van der Waals surface area contributed by atoms with Crippen molar-refractivity contribution in [3.63, 3.8) is 0 Å². The van der Waals surface area contributed by atoms with E-state index in [1.54, 1.807) is 14.2 Å². The molecule has 0 spiro atoms. The lowest BCUT2D eigenvalue weighted by molar-refractivity contribution is 0.355. The Morgan fingerprint density at radius 2 is 1.62 bits per heavy atom. The molecule has 4 aromatic rings. The van der Waals surface area contributed by atoms with Gasteiger partial charge in [0.1, 0.15) is 0 Å². The molecule has 2 aromatic carbocycles. The van der Waals surface area contributed by atoms with Gasteiger partial charge in [0, 0.05) is 17.3 Å². The highest BCUT2D eigenvalue weighted by Gasteiger charge is 2.16. The lowest BCUT2D eigenvalue weighted by Crippen LogP contribution is -1.97. The number of benzene rings is 2. The lowest BCUT2D eigenvalue weighted by atomic mass is 10.1. The van der Waals surface area contributed by atoms with Gasteiger partial charge in [-0.2, -0.15) is 5.10 Å². The first kappa shape index (κ1) is 16.1. The second-order valence-electron chi connectivity index (χ2n) is 5.96. The van der Waals surface area contributed by atoms with Crippen molar-refractivity contribution in [3.8, 4) is 33.9 Å². The van der Waals surface area contributed by atoms with E-state index in [1.807, 2.05) is 60.1 Å². The molecule has 0 radical (unpaired) electrons. The standard InChI is InChI=1S/C21H19N3O2/c1-14-20(15-7-5-4-6-8-15)21-22-12-11-17(24(21)23-14)16-9-10-18(25-2)19(13-16)26-3/h4-13H,1-3H3. The predicted octanol–water partition coefficient (Wildman–Crippen LogP) is 4.39.